The summed E-state index contributed by atoms with van der Waals surface area (Å²) in [6, 6.07) is 9.89. The van der Waals surface area contributed by atoms with E-state index in [0.717, 1.165) is 25.9 Å². The first-order valence-electron chi connectivity index (χ1n) is 5.90. The molecule has 0 radical (unpaired) electrons. The molecule has 4 heteroatoms. The Hall–Kier alpha value is -1.57. The standard InChI is InChI=1S/C13H17N3O/c14-9-11-1-3-13(4-2-11)16-7-5-12(6-8-16)10-17-15/h1-4,12H,5-8,10,15H2. The van der Waals surface area contributed by atoms with Crippen molar-refractivity contribution in [2.75, 3.05) is 24.6 Å². The SMILES string of the molecule is N#Cc1ccc(N2CCC(CON)CC2)cc1. The summed E-state index contributed by atoms with van der Waals surface area (Å²) in [6.07, 6.45) is 2.22. The van der Waals surface area contributed by atoms with Gasteiger partial charge in [-0.3, -0.25) is 0 Å². The zero-order chi connectivity index (χ0) is 12.1. The van der Waals surface area contributed by atoms with Crippen molar-refractivity contribution >= 4 is 5.69 Å². The van der Waals surface area contributed by atoms with Crippen LogP contribution in [-0.2, 0) is 4.84 Å². The molecule has 1 aliphatic rings. The lowest BCUT2D eigenvalue weighted by molar-refractivity contribution is 0.0918. The lowest BCUT2D eigenvalue weighted by Crippen LogP contribution is -2.35. The normalized spacial score (nSPS) is 16.8. The summed E-state index contributed by atoms with van der Waals surface area (Å²) in [4.78, 5) is 7.04. The molecule has 0 spiro atoms. The Balaban J connectivity index is 1.94. The number of rotatable bonds is 3. The van der Waals surface area contributed by atoms with Gasteiger partial charge in [0.1, 0.15) is 0 Å². The van der Waals surface area contributed by atoms with E-state index >= 15 is 0 Å². The molecule has 0 saturated carbocycles. The predicted molar refractivity (Wildman–Crippen MR) is 66.2 cm³/mol. The van der Waals surface area contributed by atoms with E-state index in [9.17, 15) is 0 Å². The minimum atomic E-state index is 0.578. The van der Waals surface area contributed by atoms with Gasteiger partial charge in [-0.05, 0) is 43.0 Å². The highest BCUT2D eigenvalue weighted by atomic mass is 16.6. The number of anilines is 1. The van der Waals surface area contributed by atoms with E-state index in [2.05, 4.69) is 11.0 Å². The molecule has 0 aliphatic carbocycles. The number of hydrogen-bond acceptors (Lipinski definition) is 4. The lowest BCUT2D eigenvalue weighted by Gasteiger charge is -2.33. The molecular weight excluding hydrogens is 214 g/mol. The van der Waals surface area contributed by atoms with Crippen molar-refractivity contribution in [1.29, 1.82) is 5.26 Å². The van der Waals surface area contributed by atoms with Gasteiger partial charge in [-0.1, -0.05) is 0 Å². The van der Waals surface area contributed by atoms with Crippen molar-refractivity contribution in [3.63, 3.8) is 0 Å². The third-order valence-corrected chi connectivity index (χ3v) is 3.31. The summed E-state index contributed by atoms with van der Waals surface area (Å²) in [5, 5.41) is 8.74. The quantitative estimate of drug-likeness (QED) is 0.804. The number of nitrogens with two attached hydrogens (primary N) is 1. The summed E-state index contributed by atoms with van der Waals surface area (Å²) in [5.41, 5.74) is 1.90. The van der Waals surface area contributed by atoms with E-state index in [4.69, 9.17) is 16.0 Å². The highest BCUT2D eigenvalue weighted by molar-refractivity contribution is 5.49. The minimum absolute atomic E-state index is 0.578. The third kappa shape index (κ3) is 2.96. The van der Waals surface area contributed by atoms with Crippen molar-refractivity contribution in [2.45, 2.75) is 12.8 Å². The van der Waals surface area contributed by atoms with Crippen molar-refractivity contribution in [3.05, 3.63) is 29.8 Å². The van der Waals surface area contributed by atoms with E-state index in [1.54, 1.807) is 0 Å². The molecule has 1 aromatic rings. The van der Waals surface area contributed by atoms with Crippen molar-refractivity contribution in [3.8, 4) is 6.07 Å². The molecule has 0 atom stereocenters. The number of nitriles is 1. The van der Waals surface area contributed by atoms with Gasteiger partial charge in [0.25, 0.3) is 0 Å². The topological polar surface area (TPSA) is 62.3 Å². The van der Waals surface area contributed by atoms with Gasteiger partial charge >= 0.3 is 0 Å². The van der Waals surface area contributed by atoms with Crippen molar-refractivity contribution in [2.24, 2.45) is 11.8 Å². The Bertz CT molecular complexity index is 388. The maximum absolute atomic E-state index is 8.74. The zero-order valence-corrected chi connectivity index (χ0v) is 9.80. The zero-order valence-electron chi connectivity index (χ0n) is 9.80. The third-order valence-electron chi connectivity index (χ3n) is 3.31. The first-order valence-corrected chi connectivity index (χ1v) is 5.90. The van der Waals surface area contributed by atoms with Crippen LogP contribution in [0.15, 0.2) is 24.3 Å². The molecule has 2 N–H and O–H groups in total. The fourth-order valence-corrected chi connectivity index (χ4v) is 2.24. The fourth-order valence-electron chi connectivity index (χ4n) is 2.24. The number of piperidine rings is 1. The van der Waals surface area contributed by atoms with Crippen LogP contribution in [0.3, 0.4) is 0 Å². The molecular formula is C13H17N3O. The van der Waals surface area contributed by atoms with Gasteiger partial charge in [-0.2, -0.15) is 5.26 Å². The van der Waals surface area contributed by atoms with Gasteiger partial charge in [0.15, 0.2) is 0 Å². The average molecular weight is 231 g/mol. The Morgan fingerprint density at radius 2 is 1.94 bits per heavy atom. The van der Waals surface area contributed by atoms with Gasteiger partial charge in [0.2, 0.25) is 0 Å². The average Bonchev–Trinajstić information content (AvgIpc) is 2.40. The van der Waals surface area contributed by atoms with Gasteiger partial charge in [-0.15, -0.1) is 0 Å². The van der Waals surface area contributed by atoms with Crippen LogP contribution in [0, 0.1) is 17.2 Å². The minimum Gasteiger partial charge on any atom is -0.372 e. The van der Waals surface area contributed by atoms with E-state index in [1.165, 1.54) is 5.69 Å². The van der Waals surface area contributed by atoms with E-state index in [1.807, 2.05) is 24.3 Å². The second-order valence-corrected chi connectivity index (χ2v) is 4.42. The summed E-state index contributed by atoms with van der Waals surface area (Å²) < 4.78 is 0. The lowest BCUT2D eigenvalue weighted by atomic mass is 9.97. The molecule has 1 aliphatic heterocycles. The Labute approximate surface area is 102 Å². The predicted octanol–water partition coefficient (Wildman–Crippen LogP) is 1.66. The van der Waals surface area contributed by atoms with Crippen LogP contribution in [0.4, 0.5) is 5.69 Å². The first-order chi connectivity index (χ1) is 8.33. The van der Waals surface area contributed by atoms with E-state index in [0.29, 0.717) is 18.1 Å². The van der Waals surface area contributed by atoms with Crippen LogP contribution in [0.5, 0.6) is 0 Å². The molecule has 0 bridgehead atoms. The monoisotopic (exact) mass is 231 g/mol. The van der Waals surface area contributed by atoms with Crippen LogP contribution < -0.4 is 10.8 Å². The maximum atomic E-state index is 8.74. The van der Waals surface area contributed by atoms with E-state index < -0.39 is 0 Å². The molecule has 1 heterocycles. The molecule has 1 saturated heterocycles. The summed E-state index contributed by atoms with van der Waals surface area (Å²) >= 11 is 0. The number of nitrogens with zero attached hydrogens (tertiary/aromatic N) is 2. The van der Waals surface area contributed by atoms with Crippen molar-refractivity contribution < 1.29 is 4.84 Å². The van der Waals surface area contributed by atoms with Gasteiger partial charge in [-0.25, -0.2) is 5.90 Å². The van der Waals surface area contributed by atoms with Gasteiger partial charge in [0, 0.05) is 18.8 Å². The van der Waals surface area contributed by atoms with Gasteiger partial charge < -0.3 is 9.74 Å². The second kappa shape index (κ2) is 5.67. The van der Waals surface area contributed by atoms with Crippen LogP contribution in [0.2, 0.25) is 0 Å². The second-order valence-electron chi connectivity index (χ2n) is 4.42. The first kappa shape index (κ1) is 11.9. The summed E-state index contributed by atoms with van der Waals surface area (Å²) in [7, 11) is 0. The van der Waals surface area contributed by atoms with E-state index in [-0.39, 0.29) is 0 Å². The molecule has 1 aromatic carbocycles. The Kier molecular flexibility index (Phi) is 3.97. The van der Waals surface area contributed by atoms with Crippen LogP contribution in [-0.4, -0.2) is 19.7 Å². The number of hydrogen-bond donors (Lipinski definition) is 1. The molecule has 0 amide bonds. The van der Waals surface area contributed by atoms with Crippen LogP contribution in [0.1, 0.15) is 18.4 Å². The Morgan fingerprint density at radius 1 is 1.29 bits per heavy atom. The Morgan fingerprint density at radius 3 is 2.47 bits per heavy atom. The van der Waals surface area contributed by atoms with Crippen LogP contribution >= 0.6 is 0 Å². The molecule has 0 aromatic heterocycles. The molecule has 17 heavy (non-hydrogen) atoms. The summed E-state index contributed by atoms with van der Waals surface area (Å²) in [5.74, 6) is 5.67. The molecule has 4 nitrogen and oxygen atoms in total. The van der Waals surface area contributed by atoms with Gasteiger partial charge in [0.05, 0.1) is 18.2 Å². The molecule has 2 rings (SSSR count). The largest absolute Gasteiger partial charge is 0.372 e. The maximum Gasteiger partial charge on any atom is 0.0991 e. The van der Waals surface area contributed by atoms with Crippen LogP contribution in [0.25, 0.3) is 0 Å². The van der Waals surface area contributed by atoms with Crippen molar-refractivity contribution in [1.82, 2.24) is 0 Å². The summed E-state index contributed by atoms with van der Waals surface area (Å²) in [6.45, 7) is 2.71. The molecule has 90 valence electrons. The molecule has 1 fully saturated rings. The smallest absolute Gasteiger partial charge is 0.0991 e. The fraction of sp³-hybridized carbons (Fsp3) is 0.462. The number of benzene rings is 1. The molecule has 0 unspecified atom stereocenters. The highest BCUT2D eigenvalue weighted by Crippen LogP contribution is 2.23. The highest BCUT2D eigenvalue weighted by Gasteiger charge is 2.19.